The Bertz CT molecular complexity index is 5880. The normalized spacial score (nSPS) is 13.9. The third-order valence-electron chi connectivity index (χ3n) is 19.7. The van der Waals surface area contributed by atoms with E-state index in [1.54, 1.807) is 57.6 Å². The van der Waals surface area contributed by atoms with Gasteiger partial charge in [-0.05, 0) is 139 Å². The highest BCUT2D eigenvalue weighted by molar-refractivity contribution is 6.29. The molecule has 3 fully saturated rings. The molecule has 0 bridgehead atoms. The van der Waals surface area contributed by atoms with Gasteiger partial charge in [0.1, 0.15) is 51.1 Å². The summed E-state index contributed by atoms with van der Waals surface area (Å²) >= 11 is 6.17. The lowest BCUT2D eigenvalue weighted by molar-refractivity contribution is -0.00346. The monoisotopic (exact) mass is 1560 g/mol. The van der Waals surface area contributed by atoms with Crippen molar-refractivity contribution in [3.05, 3.63) is 172 Å². The van der Waals surface area contributed by atoms with Crippen molar-refractivity contribution < 1.29 is 56.4 Å². The number of pyridine rings is 1. The smallest absolute Gasteiger partial charge is 0.251 e. The summed E-state index contributed by atoms with van der Waals surface area (Å²) in [7, 11) is 6.34. The minimum atomic E-state index is -0.187. The van der Waals surface area contributed by atoms with E-state index in [1.807, 2.05) is 113 Å². The molecule has 0 radical (unpaired) electrons. The maximum Gasteiger partial charge on any atom is 0.251 e. The number of benzene rings is 5. The molecule has 3 aliphatic rings. The molecule has 3 saturated heterocycles. The van der Waals surface area contributed by atoms with E-state index in [4.69, 9.17) is 73.5 Å². The van der Waals surface area contributed by atoms with Crippen molar-refractivity contribution in [2.24, 2.45) is 0 Å². The number of ether oxygens (including phenoxy) is 7. The minimum absolute atomic E-state index is 0.00936. The first-order valence-electron chi connectivity index (χ1n) is 37.7. The van der Waals surface area contributed by atoms with E-state index in [0.29, 0.717) is 137 Å². The Labute approximate surface area is 659 Å². The summed E-state index contributed by atoms with van der Waals surface area (Å²) < 4.78 is 51.9. The summed E-state index contributed by atoms with van der Waals surface area (Å²) in [5.41, 5.74) is 17.2. The zero-order valence-electron chi connectivity index (χ0n) is 64.3. The quantitative estimate of drug-likeness (QED) is 0.0285. The predicted octanol–water partition coefficient (Wildman–Crippen LogP) is 14.9. The van der Waals surface area contributed by atoms with Gasteiger partial charge in [-0.15, -0.1) is 0 Å². The molecule has 3 aliphatic heterocycles. The molecule has 586 valence electrons. The topological polar surface area (TPSA) is 378 Å². The number of nitrogens with one attached hydrogen (secondary N) is 9. The average Bonchev–Trinajstić information content (AvgIpc) is 1.61. The molecule has 0 aliphatic carbocycles. The molecule has 114 heavy (non-hydrogen) atoms. The van der Waals surface area contributed by atoms with Crippen LogP contribution >= 0.6 is 11.6 Å². The number of oxazole rings is 2. The highest BCUT2D eigenvalue weighted by atomic mass is 35.5. The Balaban J connectivity index is 0.000000135. The van der Waals surface area contributed by atoms with Crippen LogP contribution < -0.4 is 50.8 Å². The first kappa shape index (κ1) is 76.6. The summed E-state index contributed by atoms with van der Waals surface area (Å²) in [6.07, 6.45) is 11.3. The predicted molar refractivity (Wildman–Crippen MR) is 434 cm³/mol. The van der Waals surface area contributed by atoms with Crippen molar-refractivity contribution in [3.63, 3.8) is 0 Å². The number of carbonyl (C=O) groups excluding carboxylic acids is 3. The number of aromatic nitrogens is 12. The molecule has 0 spiro atoms. The van der Waals surface area contributed by atoms with Gasteiger partial charge in [0.25, 0.3) is 17.7 Å². The van der Waals surface area contributed by atoms with Crippen LogP contribution in [0, 0.1) is 20.8 Å². The number of hydrogen-bond acceptors (Lipinski definition) is 24. The highest BCUT2D eigenvalue weighted by Gasteiger charge is 2.28. The van der Waals surface area contributed by atoms with Crippen molar-refractivity contribution in [1.29, 1.82) is 0 Å². The zero-order chi connectivity index (χ0) is 79.1. The van der Waals surface area contributed by atoms with Crippen molar-refractivity contribution in [2.45, 2.75) is 97.8 Å². The highest BCUT2D eigenvalue weighted by Crippen LogP contribution is 2.42. The van der Waals surface area contributed by atoms with E-state index in [9.17, 15) is 14.4 Å². The first-order chi connectivity index (χ1) is 55.5. The van der Waals surface area contributed by atoms with E-state index in [0.717, 1.165) is 145 Å². The second-order valence-electron chi connectivity index (χ2n) is 27.6. The third kappa shape index (κ3) is 16.9. The van der Waals surface area contributed by atoms with Crippen LogP contribution in [0.25, 0.3) is 88.7 Å². The largest absolute Gasteiger partial charge is 0.495 e. The van der Waals surface area contributed by atoms with Crippen LogP contribution in [0.4, 0.5) is 34.9 Å². The molecule has 0 atom stereocenters. The van der Waals surface area contributed by atoms with E-state index in [2.05, 4.69) is 78.7 Å². The summed E-state index contributed by atoms with van der Waals surface area (Å²) in [5, 5.41) is 20.9. The van der Waals surface area contributed by atoms with Crippen molar-refractivity contribution in [3.8, 4) is 56.8 Å². The second-order valence-corrected chi connectivity index (χ2v) is 27.9. The molecule has 17 rings (SSSR count). The van der Waals surface area contributed by atoms with Gasteiger partial charge in [-0.2, -0.15) is 29.9 Å². The lowest BCUT2D eigenvalue weighted by atomic mass is 10.0. The van der Waals surface area contributed by atoms with Crippen LogP contribution in [-0.2, 0) is 27.1 Å². The maximum atomic E-state index is 12.5. The van der Waals surface area contributed by atoms with Gasteiger partial charge < -0.3 is 88.8 Å². The number of halogens is 1. The first-order valence-corrected chi connectivity index (χ1v) is 38.0. The Morgan fingerprint density at radius 2 is 0.956 bits per heavy atom. The number of hydrogen-bond donors (Lipinski definition) is 9. The zero-order valence-corrected chi connectivity index (χ0v) is 65.0. The number of carbonyl (C=O) groups is 3. The van der Waals surface area contributed by atoms with Crippen LogP contribution in [0.15, 0.2) is 131 Å². The maximum absolute atomic E-state index is 12.5. The Morgan fingerprint density at radius 3 is 1.42 bits per heavy atom. The molecule has 5 aromatic carbocycles. The molecule has 0 saturated carbocycles. The van der Waals surface area contributed by atoms with E-state index >= 15 is 0 Å². The fourth-order valence-electron chi connectivity index (χ4n) is 13.9. The van der Waals surface area contributed by atoms with Gasteiger partial charge >= 0.3 is 0 Å². The van der Waals surface area contributed by atoms with Crippen LogP contribution in [0.3, 0.4) is 0 Å². The fourth-order valence-corrected chi connectivity index (χ4v) is 14.2. The van der Waals surface area contributed by atoms with Gasteiger partial charge in [0.15, 0.2) is 22.9 Å². The van der Waals surface area contributed by atoms with Gasteiger partial charge in [0, 0.05) is 123 Å². The lowest BCUT2D eigenvalue weighted by Crippen LogP contribution is -2.48. The van der Waals surface area contributed by atoms with Crippen LogP contribution in [0.5, 0.6) is 23.4 Å². The van der Waals surface area contributed by atoms with E-state index < -0.39 is 0 Å². The van der Waals surface area contributed by atoms with Crippen LogP contribution in [0.2, 0.25) is 5.15 Å². The molecule has 3 amide bonds. The number of aromatic amines is 3. The molecule has 12 heterocycles. The number of fused-ring (bicyclic) bond motifs is 5. The molecule has 0 unspecified atom stereocenters. The van der Waals surface area contributed by atoms with E-state index in [-0.39, 0.29) is 36.0 Å². The van der Waals surface area contributed by atoms with Gasteiger partial charge in [-0.1, -0.05) is 44.0 Å². The second kappa shape index (κ2) is 34.1. The minimum Gasteiger partial charge on any atom is -0.495 e. The number of anilines is 6. The number of aryl methyl sites for hydroxylation is 5. The Morgan fingerprint density at radius 1 is 0.491 bits per heavy atom. The molecule has 31 heteroatoms. The molecule has 14 aromatic rings. The molecular formula is C83H85ClN18O12. The van der Waals surface area contributed by atoms with Crippen molar-refractivity contribution in [1.82, 2.24) is 75.8 Å². The third-order valence-corrected chi connectivity index (χ3v) is 19.9. The number of methoxy groups -OCH3 is 2. The molecular weight excluding hydrogens is 1480 g/mol. The number of rotatable bonds is 22. The molecule has 30 nitrogen and oxygen atoms in total. The summed E-state index contributed by atoms with van der Waals surface area (Å²) in [6.45, 7) is 13.4. The number of nitrogens with zero attached hydrogens (tertiary/aromatic N) is 9. The summed E-state index contributed by atoms with van der Waals surface area (Å²) in [6, 6.07) is 31.9. The summed E-state index contributed by atoms with van der Waals surface area (Å²) in [5.74, 6) is 3.79. The van der Waals surface area contributed by atoms with Crippen LogP contribution in [0.1, 0.15) is 106 Å². The Hall–Kier alpha value is -12.8. The number of amides is 3. The van der Waals surface area contributed by atoms with Crippen molar-refractivity contribution in [2.75, 3.05) is 83.9 Å². The average molecular weight is 1560 g/mol. The molecule has 9 N–H and O–H groups in total. The number of H-pyrrole nitrogens is 3. The van der Waals surface area contributed by atoms with Gasteiger partial charge in [-0.25, -0.2) is 15.0 Å². The standard InChI is InChI=1S/C30H32N6O4.C29H30N6O4.C24H23ClN6O4/c1-4-5-19-14-20(28(37)31-3)7-8-23(19)34-30-35-27-26(29(36-30)40-21-10-12-38-13-11-21)22(16-32-27)18-6-9-24-25(15-18)39-17(2)33-24;1-4-17-13-19(27(36)30-3)6-7-22(17)33-29-34-26-25(28(35-29)39-20-9-11-37-12-10-20)21(15-31-26)18-5-8-23-24(14-18)38-16(2)32-23;1-12-6-14(8-19(25)27-12)16-9-26-21-20(16)23(34-3)31-24(30-21)29-17-5-4-13(7-18(17)33-2)22(32)28-15-10-35-11-15/h6-9,14-16,21H,4-5,10-13H2,1-3H3,(H,31,37)(H2,32,34,35,36);5-8,13-15,20H,4,9-12H2,1-3H3,(H,30,36)(H2,31,33,34,35);4-9,15H,10-11H2,1-3H3,(H,28,32)(H2,26,29,30,31). The SMILES string of the molecule is CCCc1cc(C(=O)NC)ccc1Nc1nc(OC2CCOCC2)c2c(-c3ccc4nc(C)oc4c3)c[nH]c2n1.CCc1cc(C(=O)NC)ccc1Nc1nc(OC2CCOCC2)c2c(-c3ccc4nc(C)oc4c3)c[nH]c2n1.COc1cc(C(=O)NC2COC2)ccc1Nc1nc(OC)c2c(-c3cc(C)nc(Cl)c3)c[nH]c2n1. The van der Waals surface area contributed by atoms with Crippen LogP contribution in [-0.4, -0.2) is 164 Å². The van der Waals surface area contributed by atoms with E-state index in [1.165, 1.54) is 7.11 Å². The molecule has 9 aromatic heterocycles. The fraction of sp³-hybridized carbons (Fsp3) is 0.301. The van der Waals surface area contributed by atoms with Gasteiger partial charge in [0.05, 0.1) is 81.7 Å². The van der Waals surface area contributed by atoms with Crippen molar-refractivity contribution >= 4 is 120 Å². The summed E-state index contributed by atoms with van der Waals surface area (Å²) in [4.78, 5) is 88.2. The van der Waals surface area contributed by atoms with Gasteiger partial charge in [-0.3, -0.25) is 14.4 Å². The van der Waals surface area contributed by atoms with Gasteiger partial charge in [0.2, 0.25) is 35.5 Å². The lowest BCUT2D eigenvalue weighted by Gasteiger charge is -2.26. The Kier molecular flexibility index (Phi) is 22.9.